The van der Waals surface area contributed by atoms with Gasteiger partial charge < -0.3 is 16.2 Å². The zero-order valence-electron chi connectivity index (χ0n) is 8.66. The Morgan fingerprint density at radius 2 is 2.14 bits per heavy atom. The molecule has 1 aliphatic heterocycles. The predicted octanol–water partition coefficient (Wildman–Crippen LogP) is 0.815. The predicted molar refractivity (Wildman–Crippen MR) is 54.4 cm³/mol. The number of aliphatic carboxylic acids is 1. The van der Waals surface area contributed by atoms with Crippen molar-refractivity contribution in [1.82, 2.24) is 5.32 Å². The second kappa shape index (κ2) is 3.13. The SMILES string of the molecule is CC(C)(C)C1(N)NC=CC=C1C(=O)O. The monoisotopic (exact) mass is 196 g/mol. The Labute approximate surface area is 83.5 Å². The lowest BCUT2D eigenvalue weighted by molar-refractivity contribution is -0.134. The number of carbonyl (C=O) groups is 1. The molecule has 0 saturated heterocycles. The second-order valence-corrected chi connectivity index (χ2v) is 4.45. The van der Waals surface area contributed by atoms with Gasteiger partial charge in [0, 0.05) is 5.41 Å². The normalized spacial score (nSPS) is 26.7. The molecule has 0 spiro atoms. The minimum atomic E-state index is -1.02. The molecule has 0 radical (unpaired) electrons. The number of allylic oxidation sites excluding steroid dienone is 2. The molecule has 1 rings (SSSR count). The standard InChI is InChI=1S/C10H16N2O2/c1-9(2,3)10(11)7(8(13)14)5-4-6-12-10/h4-6,12H,11H2,1-3H3,(H,13,14). The molecule has 1 atom stereocenters. The van der Waals surface area contributed by atoms with E-state index in [2.05, 4.69) is 5.32 Å². The van der Waals surface area contributed by atoms with E-state index in [4.69, 9.17) is 10.8 Å². The van der Waals surface area contributed by atoms with E-state index in [1.165, 1.54) is 6.08 Å². The molecule has 0 bridgehead atoms. The number of dihydropyridines is 1. The van der Waals surface area contributed by atoms with Crippen molar-refractivity contribution in [1.29, 1.82) is 0 Å². The fourth-order valence-electron chi connectivity index (χ4n) is 1.39. The summed E-state index contributed by atoms with van der Waals surface area (Å²) in [6.07, 6.45) is 4.84. The first-order valence-electron chi connectivity index (χ1n) is 4.46. The zero-order chi connectivity index (χ0) is 11.0. The van der Waals surface area contributed by atoms with E-state index in [-0.39, 0.29) is 11.0 Å². The van der Waals surface area contributed by atoms with Gasteiger partial charge in [0.1, 0.15) is 5.66 Å². The number of nitrogens with two attached hydrogens (primary N) is 1. The lowest BCUT2D eigenvalue weighted by atomic mass is 9.75. The maximum atomic E-state index is 11.0. The molecule has 0 aromatic heterocycles. The van der Waals surface area contributed by atoms with Gasteiger partial charge in [-0.25, -0.2) is 4.79 Å². The Morgan fingerprint density at radius 3 is 2.50 bits per heavy atom. The third-order valence-corrected chi connectivity index (χ3v) is 2.51. The van der Waals surface area contributed by atoms with E-state index in [1.54, 1.807) is 12.3 Å². The van der Waals surface area contributed by atoms with Crippen LogP contribution >= 0.6 is 0 Å². The van der Waals surface area contributed by atoms with Crippen molar-refractivity contribution in [2.75, 3.05) is 0 Å². The summed E-state index contributed by atoms with van der Waals surface area (Å²) in [5.74, 6) is -0.987. The van der Waals surface area contributed by atoms with Crippen LogP contribution in [0.3, 0.4) is 0 Å². The number of rotatable bonds is 1. The fraction of sp³-hybridized carbons (Fsp3) is 0.500. The van der Waals surface area contributed by atoms with Crippen molar-refractivity contribution >= 4 is 5.97 Å². The van der Waals surface area contributed by atoms with E-state index >= 15 is 0 Å². The molecule has 1 unspecified atom stereocenters. The minimum Gasteiger partial charge on any atom is -0.478 e. The number of hydrogen-bond acceptors (Lipinski definition) is 3. The molecule has 78 valence electrons. The van der Waals surface area contributed by atoms with Crippen LogP contribution < -0.4 is 11.1 Å². The van der Waals surface area contributed by atoms with Gasteiger partial charge in [0.25, 0.3) is 0 Å². The van der Waals surface area contributed by atoms with Crippen LogP contribution in [0, 0.1) is 5.41 Å². The third-order valence-electron chi connectivity index (χ3n) is 2.51. The smallest absolute Gasteiger partial charge is 0.335 e. The van der Waals surface area contributed by atoms with Crippen molar-refractivity contribution in [3.05, 3.63) is 23.9 Å². The Bertz CT molecular complexity index is 313. The van der Waals surface area contributed by atoms with Crippen LogP contribution in [0.2, 0.25) is 0 Å². The maximum Gasteiger partial charge on any atom is 0.335 e. The lowest BCUT2D eigenvalue weighted by Gasteiger charge is -2.43. The van der Waals surface area contributed by atoms with Gasteiger partial charge in [0.05, 0.1) is 5.57 Å². The Balaban J connectivity index is 3.17. The first-order valence-corrected chi connectivity index (χ1v) is 4.46. The summed E-state index contributed by atoms with van der Waals surface area (Å²) < 4.78 is 0. The van der Waals surface area contributed by atoms with Crippen LogP contribution in [-0.2, 0) is 4.79 Å². The van der Waals surface area contributed by atoms with Gasteiger partial charge in [0.2, 0.25) is 0 Å². The molecule has 0 saturated carbocycles. The van der Waals surface area contributed by atoms with E-state index < -0.39 is 11.6 Å². The summed E-state index contributed by atoms with van der Waals surface area (Å²) in [7, 11) is 0. The van der Waals surface area contributed by atoms with Gasteiger partial charge in [0.15, 0.2) is 0 Å². The number of hydrogen-bond donors (Lipinski definition) is 3. The Hall–Kier alpha value is -1.29. The van der Waals surface area contributed by atoms with E-state index in [1.807, 2.05) is 20.8 Å². The summed E-state index contributed by atoms with van der Waals surface area (Å²) in [6.45, 7) is 5.70. The van der Waals surface area contributed by atoms with Crippen molar-refractivity contribution in [3.63, 3.8) is 0 Å². The van der Waals surface area contributed by atoms with E-state index in [0.29, 0.717) is 0 Å². The maximum absolute atomic E-state index is 11.0. The molecule has 1 aliphatic rings. The molecule has 0 aromatic rings. The molecule has 0 fully saturated rings. The largest absolute Gasteiger partial charge is 0.478 e. The summed E-state index contributed by atoms with van der Waals surface area (Å²) in [5, 5.41) is 11.9. The van der Waals surface area contributed by atoms with Gasteiger partial charge in [-0.3, -0.25) is 0 Å². The van der Waals surface area contributed by atoms with Crippen molar-refractivity contribution in [2.24, 2.45) is 11.1 Å². The Kier molecular flexibility index (Phi) is 2.41. The molecule has 4 nitrogen and oxygen atoms in total. The molecule has 1 heterocycles. The van der Waals surface area contributed by atoms with Gasteiger partial charge in [-0.05, 0) is 18.4 Å². The molecular weight excluding hydrogens is 180 g/mol. The molecule has 4 heteroatoms. The van der Waals surface area contributed by atoms with Crippen molar-refractivity contribution < 1.29 is 9.90 Å². The van der Waals surface area contributed by atoms with Gasteiger partial charge in [-0.1, -0.05) is 20.8 Å². The summed E-state index contributed by atoms with van der Waals surface area (Å²) >= 11 is 0. The fourth-order valence-corrected chi connectivity index (χ4v) is 1.39. The van der Waals surface area contributed by atoms with Crippen LogP contribution in [0.15, 0.2) is 23.9 Å². The van der Waals surface area contributed by atoms with Crippen LogP contribution in [0.25, 0.3) is 0 Å². The second-order valence-electron chi connectivity index (χ2n) is 4.45. The highest BCUT2D eigenvalue weighted by atomic mass is 16.4. The average Bonchev–Trinajstić information content (AvgIpc) is 2.02. The molecule has 0 aliphatic carbocycles. The topological polar surface area (TPSA) is 75.3 Å². The zero-order valence-corrected chi connectivity index (χ0v) is 8.66. The third kappa shape index (κ3) is 1.53. The quantitative estimate of drug-likeness (QED) is 0.580. The van der Waals surface area contributed by atoms with Crippen LogP contribution in [-0.4, -0.2) is 16.7 Å². The summed E-state index contributed by atoms with van der Waals surface area (Å²) in [6, 6.07) is 0. The number of nitrogens with one attached hydrogen (secondary N) is 1. The van der Waals surface area contributed by atoms with E-state index in [9.17, 15) is 4.79 Å². The van der Waals surface area contributed by atoms with Gasteiger partial charge >= 0.3 is 5.97 Å². The van der Waals surface area contributed by atoms with Crippen LogP contribution in [0.5, 0.6) is 0 Å². The lowest BCUT2D eigenvalue weighted by Crippen LogP contribution is -2.63. The first-order chi connectivity index (χ1) is 6.29. The van der Waals surface area contributed by atoms with E-state index in [0.717, 1.165) is 0 Å². The van der Waals surface area contributed by atoms with Gasteiger partial charge in [-0.15, -0.1) is 0 Å². The van der Waals surface area contributed by atoms with Crippen LogP contribution in [0.4, 0.5) is 0 Å². The highest BCUT2D eigenvalue weighted by Crippen LogP contribution is 2.33. The minimum absolute atomic E-state index is 0.188. The number of carboxylic acids is 1. The molecule has 0 aromatic carbocycles. The highest BCUT2D eigenvalue weighted by molar-refractivity contribution is 5.90. The molecule has 14 heavy (non-hydrogen) atoms. The number of carboxylic acid groups (broad SMARTS) is 1. The van der Waals surface area contributed by atoms with Gasteiger partial charge in [-0.2, -0.15) is 0 Å². The first kappa shape index (κ1) is 10.8. The highest BCUT2D eigenvalue weighted by Gasteiger charge is 2.44. The average molecular weight is 196 g/mol. The molecule has 0 amide bonds. The summed E-state index contributed by atoms with van der Waals surface area (Å²) in [4.78, 5) is 11.0. The summed E-state index contributed by atoms with van der Waals surface area (Å²) in [5.41, 5.74) is 4.86. The Morgan fingerprint density at radius 1 is 1.57 bits per heavy atom. The van der Waals surface area contributed by atoms with Crippen molar-refractivity contribution in [3.8, 4) is 0 Å². The van der Waals surface area contributed by atoms with Crippen LogP contribution in [0.1, 0.15) is 20.8 Å². The van der Waals surface area contributed by atoms with Crippen molar-refractivity contribution in [2.45, 2.75) is 26.4 Å². The molecular formula is C10H16N2O2. The molecule has 4 N–H and O–H groups in total.